The van der Waals surface area contributed by atoms with Gasteiger partial charge in [0, 0.05) is 35.9 Å². The van der Waals surface area contributed by atoms with E-state index in [0.717, 1.165) is 35.0 Å². The SMILES string of the molecule is Cc1cc(CCNc2ccc(S(C)(=O)=O)cc2[N+](=O)[O-])c(C)n1-c1ccccc1. The standard InChI is InChI=1S/C21H23N3O4S/c1-15-13-17(16(2)23(15)18-7-5-4-6-8-18)11-12-22-20-10-9-19(29(3,27)28)14-21(20)24(25)26/h4-10,13-14,22H,11-12H2,1-3H3. The molecule has 0 unspecified atom stereocenters. The van der Waals surface area contributed by atoms with E-state index in [2.05, 4.69) is 35.0 Å². The molecular formula is C21H23N3O4S. The molecule has 3 aromatic rings. The minimum Gasteiger partial charge on any atom is -0.379 e. The van der Waals surface area contributed by atoms with Gasteiger partial charge in [0.25, 0.3) is 5.69 Å². The first kappa shape index (κ1) is 20.6. The second-order valence-corrected chi connectivity index (χ2v) is 8.97. The highest BCUT2D eigenvalue weighted by atomic mass is 32.2. The fourth-order valence-electron chi connectivity index (χ4n) is 3.43. The summed E-state index contributed by atoms with van der Waals surface area (Å²) in [6.45, 7) is 4.59. The van der Waals surface area contributed by atoms with Gasteiger partial charge in [-0.05, 0) is 56.2 Å². The molecule has 7 nitrogen and oxygen atoms in total. The van der Waals surface area contributed by atoms with E-state index < -0.39 is 14.8 Å². The molecule has 0 aliphatic heterocycles. The summed E-state index contributed by atoms with van der Waals surface area (Å²) in [6, 6.07) is 16.1. The van der Waals surface area contributed by atoms with Gasteiger partial charge in [0.05, 0.1) is 9.82 Å². The Bertz CT molecular complexity index is 1150. The average Bonchev–Trinajstić information content (AvgIpc) is 2.95. The summed E-state index contributed by atoms with van der Waals surface area (Å²) in [4.78, 5) is 10.7. The topological polar surface area (TPSA) is 94.2 Å². The molecule has 0 radical (unpaired) electrons. The van der Waals surface area contributed by atoms with E-state index in [1.807, 2.05) is 25.1 Å². The van der Waals surface area contributed by atoms with Crippen LogP contribution in [0.1, 0.15) is 17.0 Å². The van der Waals surface area contributed by atoms with Gasteiger partial charge in [-0.15, -0.1) is 0 Å². The van der Waals surface area contributed by atoms with Crippen molar-refractivity contribution in [1.29, 1.82) is 0 Å². The quantitative estimate of drug-likeness (QED) is 0.466. The Morgan fingerprint density at radius 1 is 1.07 bits per heavy atom. The lowest BCUT2D eigenvalue weighted by Crippen LogP contribution is -2.08. The number of rotatable bonds is 7. The first-order valence-electron chi connectivity index (χ1n) is 9.14. The Hall–Kier alpha value is -3.13. The van der Waals surface area contributed by atoms with Crippen molar-refractivity contribution in [2.24, 2.45) is 0 Å². The summed E-state index contributed by atoms with van der Waals surface area (Å²) < 4.78 is 25.5. The summed E-state index contributed by atoms with van der Waals surface area (Å²) in [7, 11) is -3.51. The summed E-state index contributed by atoms with van der Waals surface area (Å²) in [5.74, 6) is 0. The van der Waals surface area contributed by atoms with Crippen LogP contribution in [0.25, 0.3) is 5.69 Å². The largest absolute Gasteiger partial charge is 0.379 e. The van der Waals surface area contributed by atoms with E-state index in [1.165, 1.54) is 12.1 Å². The highest BCUT2D eigenvalue weighted by Crippen LogP contribution is 2.28. The van der Waals surface area contributed by atoms with Crippen molar-refractivity contribution in [2.45, 2.75) is 25.2 Å². The van der Waals surface area contributed by atoms with Gasteiger partial charge in [0.2, 0.25) is 0 Å². The third-order valence-electron chi connectivity index (χ3n) is 4.85. The Morgan fingerprint density at radius 2 is 1.76 bits per heavy atom. The van der Waals surface area contributed by atoms with Crippen LogP contribution in [-0.4, -0.2) is 30.7 Å². The van der Waals surface area contributed by atoms with Crippen molar-refractivity contribution in [1.82, 2.24) is 4.57 Å². The molecular weight excluding hydrogens is 390 g/mol. The predicted molar refractivity (Wildman–Crippen MR) is 114 cm³/mol. The molecule has 1 aromatic heterocycles. The molecule has 0 fully saturated rings. The van der Waals surface area contributed by atoms with E-state index in [4.69, 9.17) is 0 Å². The van der Waals surface area contributed by atoms with Crippen LogP contribution in [-0.2, 0) is 16.3 Å². The number of hydrogen-bond donors (Lipinski definition) is 1. The Kier molecular flexibility index (Phi) is 5.74. The lowest BCUT2D eigenvalue weighted by molar-refractivity contribution is -0.384. The number of nitro benzene ring substituents is 1. The monoisotopic (exact) mass is 413 g/mol. The number of sulfone groups is 1. The number of nitro groups is 1. The van der Waals surface area contributed by atoms with Crippen LogP contribution in [0.4, 0.5) is 11.4 Å². The maximum atomic E-state index is 11.7. The first-order valence-corrected chi connectivity index (χ1v) is 11.0. The van der Waals surface area contributed by atoms with Crippen LogP contribution in [0.5, 0.6) is 0 Å². The van der Waals surface area contributed by atoms with Gasteiger partial charge in [0.1, 0.15) is 5.69 Å². The fraction of sp³-hybridized carbons (Fsp3) is 0.238. The average molecular weight is 413 g/mol. The van der Waals surface area contributed by atoms with Gasteiger partial charge in [0.15, 0.2) is 9.84 Å². The van der Waals surface area contributed by atoms with Crippen molar-refractivity contribution in [3.8, 4) is 5.69 Å². The number of para-hydroxylation sites is 1. The van der Waals surface area contributed by atoms with E-state index in [0.29, 0.717) is 18.7 Å². The van der Waals surface area contributed by atoms with E-state index >= 15 is 0 Å². The number of nitrogens with zero attached hydrogens (tertiary/aromatic N) is 2. The third-order valence-corrected chi connectivity index (χ3v) is 5.96. The molecule has 0 atom stereocenters. The molecule has 0 amide bonds. The van der Waals surface area contributed by atoms with E-state index in [1.54, 1.807) is 0 Å². The first-order chi connectivity index (χ1) is 13.7. The van der Waals surface area contributed by atoms with Crippen molar-refractivity contribution < 1.29 is 13.3 Å². The van der Waals surface area contributed by atoms with Crippen molar-refractivity contribution in [3.05, 3.63) is 81.7 Å². The van der Waals surface area contributed by atoms with Crippen molar-refractivity contribution in [3.63, 3.8) is 0 Å². The summed E-state index contributed by atoms with van der Waals surface area (Å²) in [6.07, 6.45) is 1.71. The summed E-state index contributed by atoms with van der Waals surface area (Å²) in [5, 5.41) is 14.4. The predicted octanol–water partition coefficient (Wildman–Crippen LogP) is 4.06. The Morgan fingerprint density at radius 3 is 2.38 bits per heavy atom. The van der Waals surface area contributed by atoms with Crippen molar-refractivity contribution >= 4 is 21.2 Å². The molecule has 29 heavy (non-hydrogen) atoms. The number of benzene rings is 2. The zero-order valence-corrected chi connectivity index (χ0v) is 17.4. The molecule has 1 N–H and O–H groups in total. The molecule has 3 rings (SSSR count). The van der Waals surface area contributed by atoms with Gasteiger partial charge < -0.3 is 9.88 Å². The van der Waals surface area contributed by atoms with E-state index in [-0.39, 0.29) is 10.6 Å². The minimum absolute atomic E-state index is 0.0684. The zero-order chi connectivity index (χ0) is 21.2. The molecule has 0 aliphatic rings. The highest BCUT2D eigenvalue weighted by molar-refractivity contribution is 7.90. The van der Waals surface area contributed by atoms with Crippen LogP contribution >= 0.6 is 0 Å². The van der Waals surface area contributed by atoms with E-state index in [9.17, 15) is 18.5 Å². The smallest absolute Gasteiger partial charge is 0.293 e. The lowest BCUT2D eigenvalue weighted by atomic mass is 10.1. The molecule has 152 valence electrons. The molecule has 0 saturated carbocycles. The number of aryl methyl sites for hydroxylation is 1. The Balaban J connectivity index is 1.78. The van der Waals surface area contributed by atoms with Crippen LogP contribution in [0.15, 0.2) is 59.5 Å². The molecule has 1 heterocycles. The van der Waals surface area contributed by atoms with Crippen LogP contribution in [0, 0.1) is 24.0 Å². The Labute approximate surface area is 170 Å². The van der Waals surface area contributed by atoms with Gasteiger partial charge in [-0.3, -0.25) is 10.1 Å². The van der Waals surface area contributed by atoms with Crippen LogP contribution in [0.3, 0.4) is 0 Å². The molecule has 2 aromatic carbocycles. The van der Waals surface area contributed by atoms with Crippen LogP contribution in [0.2, 0.25) is 0 Å². The van der Waals surface area contributed by atoms with Gasteiger partial charge >= 0.3 is 0 Å². The zero-order valence-electron chi connectivity index (χ0n) is 16.5. The number of nitrogens with one attached hydrogen (secondary N) is 1. The van der Waals surface area contributed by atoms with Crippen LogP contribution < -0.4 is 5.32 Å². The molecule has 0 saturated heterocycles. The molecule has 0 spiro atoms. The maximum Gasteiger partial charge on any atom is 0.293 e. The second kappa shape index (κ2) is 8.08. The summed E-state index contributed by atoms with van der Waals surface area (Å²) in [5.41, 5.74) is 4.54. The normalized spacial score (nSPS) is 11.4. The van der Waals surface area contributed by atoms with Crippen molar-refractivity contribution in [2.75, 3.05) is 18.1 Å². The second-order valence-electron chi connectivity index (χ2n) is 6.95. The summed E-state index contributed by atoms with van der Waals surface area (Å²) >= 11 is 0. The third kappa shape index (κ3) is 4.48. The highest BCUT2D eigenvalue weighted by Gasteiger charge is 2.19. The molecule has 0 bridgehead atoms. The number of aromatic nitrogens is 1. The molecule has 8 heteroatoms. The minimum atomic E-state index is -3.51. The van der Waals surface area contributed by atoms with Gasteiger partial charge in [-0.2, -0.15) is 0 Å². The number of anilines is 1. The van der Waals surface area contributed by atoms with Gasteiger partial charge in [-0.25, -0.2) is 8.42 Å². The fourth-order valence-corrected chi connectivity index (χ4v) is 4.07. The maximum absolute atomic E-state index is 11.7. The number of hydrogen-bond acceptors (Lipinski definition) is 5. The van der Waals surface area contributed by atoms with Gasteiger partial charge in [-0.1, -0.05) is 18.2 Å². The molecule has 0 aliphatic carbocycles. The lowest BCUT2D eigenvalue weighted by Gasteiger charge is -2.11.